The summed E-state index contributed by atoms with van der Waals surface area (Å²) in [6, 6.07) is 0.00447. The average molecular weight is 293 g/mol. The lowest BCUT2D eigenvalue weighted by molar-refractivity contribution is -0.140. The van der Waals surface area contributed by atoms with Gasteiger partial charge in [0.2, 0.25) is 10.0 Å². The summed E-state index contributed by atoms with van der Waals surface area (Å²) in [5.74, 6) is -1.62. The van der Waals surface area contributed by atoms with Crippen LogP contribution in [-0.2, 0) is 14.8 Å². The number of hydrogen-bond donors (Lipinski definition) is 2. The number of aliphatic carboxylic acids is 1. The fourth-order valence-corrected chi connectivity index (χ4v) is 2.81. The number of halogens is 1. The van der Waals surface area contributed by atoms with Crippen molar-refractivity contribution in [1.29, 1.82) is 0 Å². The van der Waals surface area contributed by atoms with E-state index in [4.69, 9.17) is 16.7 Å². The summed E-state index contributed by atoms with van der Waals surface area (Å²) in [7, 11) is -3.95. The van der Waals surface area contributed by atoms with Crippen LogP contribution in [0.5, 0.6) is 0 Å². The summed E-state index contributed by atoms with van der Waals surface area (Å²) in [6.07, 6.45) is 2.39. The summed E-state index contributed by atoms with van der Waals surface area (Å²) in [5.41, 5.74) is 0. The van der Waals surface area contributed by atoms with Gasteiger partial charge in [-0.3, -0.25) is 9.78 Å². The number of carboxylic acids is 1. The van der Waals surface area contributed by atoms with Gasteiger partial charge < -0.3 is 5.11 Å². The molecule has 0 aliphatic carbocycles. The van der Waals surface area contributed by atoms with Crippen LogP contribution in [0.15, 0.2) is 23.4 Å². The minimum atomic E-state index is -3.95. The first-order valence-electron chi connectivity index (χ1n) is 5.09. The van der Waals surface area contributed by atoms with E-state index in [1.807, 2.05) is 0 Å². The van der Waals surface area contributed by atoms with E-state index in [-0.39, 0.29) is 15.8 Å². The lowest BCUT2D eigenvalue weighted by atomic mass is 10.1. The van der Waals surface area contributed by atoms with Gasteiger partial charge in [0.15, 0.2) is 0 Å². The molecule has 0 aliphatic heterocycles. The molecule has 18 heavy (non-hydrogen) atoms. The molecule has 0 saturated heterocycles. The summed E-state index contributed by atoms with van der Waals surface area (Å²) in [4.78, 5) is 14.4. The van der Waals surface area contributed by atoms with Gasteiger partial charge in [0.25, 0.3) is 0 Å². The molecule has 1 unspecified atom stereocenters. The molecule has 1 heterocycles. The quantitative estimate of drug-likeness (QED) is 0.848. The number of sulfonamides is 1. The molecule has 0 bridgehead atoms. The molecule has 1 aromatic heterocycles. The Hall–Kier alpha value is -1.18. The normalized spacial score (nSPS) is 13.6. The van der Waals surface area contributed by atoms with Gasteiger partial charge in [-0.15, -0.1) is 0 Å². The number of rotatable bonds is 5. The van der Waals surface area contributed by atoms with Crippen LogP contribution < -0.4 is 4.72 Å². The molecule has 0 radical (unpaired) electrons. The Morgan fingerprint density at radius 3 is 2.50 bits per heavy atom. The van der Waals surface area contributed by atoms with E-state index >= 15 is 0 Å². The van der Waals surface area contributed by atoms with Crippen LogP contribution in [0, 0.1) is 5.92 Å². The molecular weight excluding hydrogens is 280 g/mol. The lowest BCUT2D eigenvalue weighted by Crippen LogP contribution is -2.44. The molecule has 0 spiro atoms. The zero-order chi connectivity index (χ0) is 13.9. The van der Waals surface area contributed by atoms with Crippen molar-refractivity contribution < 1.29 is 18.3 Å². The highest BCUT2D eigenvalue weighted by atomic mass is 35.5. The van der Waals surface area contributed by atoms with Crippen molar-refractivity contribution in [2.24, 2.45) is 5.92 Å². The van der Waals surface area contributed by atoms with E-state index < -0.39 is 22.0 Å². The number of nitrogens with zero attached hydrogens (tertiary/aromatic N) is 1. The Morgan fingerprint density at radius 1 is 1.44 bits per heavy atom. The monoisotopic (exact) mass is 292 g/mol. The van der Waals surface area contributed by atoms with Gasteiger partial charge in [-0.2, -0.15) is 4.72 Å². The fourth-order valence-electron chi connectivity index (χ4n) is 1.25. The molecule has 6 nitrogen and oxygen atoms in total. The zero-order valence-corrected chi connectivity index (χ0v) is 11.4. The number of aromatic nitrogens is 1. The van der Waals surface area contributed by atoms with Crippen LogP contribution in [0.1, 0.15) is 13.8 Å². The summed E-state index contributed by atoms with van der Waals surface area (Å²) >= 11 is 5.64. The molecule has 1 aromatic rings. The molecule has 0 fully saturated rings. The predicted octanol–water partition coefficient (Wildman–Crippen LogP) is 1.12. The molecule has 8 heteroatoms. The smallest absolute Gasteiger partial charge is 0.322 e. The second-order valence-corrected chi connectivity index (χ2v) is 6.17. The number of carboxylic acid groups (broad SMARTS) is 1. The highest BCUT2D eigenvalue weighted by Crippen LogP contribution is 2.15. The van der Waals surface area contributed by atoms with Crippen molar-refractivity contribution in [3.8, 4) is 0 Å². The van der Waals surface area contributed by atoms with Crippen LogP contribution in [0.25, 0.3) is 0 Å². The standard InChI is InChI=1S/C10H13ClN2O4S/c1-6(2)9(10(14)15)13-18(16,17)8-3-7(11)4-12-5-8/h3-6,9,13H,1-2H3,(H,14,15). The van der Waals surface area contributed by atoms with Gasteiger partial charge in [0, 0.05) is 12.4 Å². The summed E-state index contributed by atoms with van der Waals surface area (Å²) < 4.78 is 26.0. The van der Waals surface area contributed by atoms with Crippen molar-refractivity contribution in [1.82, 2.24) is 9.71 Å². The van der Waals surface area contributed by atoms with Gasteiger partial charge in [0.1, 0.15) is 10.9 Å². The predicted molar refractivity (Wildman–Crippen MR) is 65.8 cm³/mol. The summed E-state index contributed by atoms with van der Waals surface area (Å²) in [5, 5.41) is 9.10. The Kier molecular flexibility index (Phi) is 4.66. The largest absolute Gasteiger partial charge is 0.480 e. The SMILES string of the molecule is CC(C)C(NS(=O)(=O)c1cncc(Cl)c1)C(=O)O. The minimum absolute atomic E-state index is 0.161. The van der Waals surface area contributed by atoms with Crippen molar-refractivity contribution in [2.75, 3.05) is 0 Å². The highest BCUT2D eigenvalue weighted by molar-refractivity contribution is 7.89. The second kappa shape index (κ2) is 5.64. The van der Waals surface area contributed by atoms with Crippen LogP contribution in [0.4, 0.5) is 0 Å². The maximum absolute atomic E-state index is 11.9. The Bertz CT molecular complexity index is 545. The van der Waals surface area contributed by atoms with E-state index in [1.165, 1.54) is 12.3 Å². The molecule has 100 valence electrons. The van der Waals surface area contributed by atoms with E-state index in [0.717, 1.165) is 6.20 Å². The molecule has 1 rings (SSSR count). The van der Waals surface area contributed by atoms with E-state index in [1.54, 1.807) is 13.8 Å². The van der Waals surface area contributed by atoms with E-state index in [0.29, 0.717) is 0 Å². The van der Waals surface area contributed by atoms with Gasteiger partial charge in [-0.25, -0.2) is 8.42 Å². The minimum Gasteiger partial charge on any atom is -0.480 e. The first-order valence-corrected chi connectivity index (χ1v) is 6.96. The Morgan fingerprint density at radius 2 is 2.06 bits per heavy atom. The Labute approximate surface area is 110 Å². The van der Waals surface area contributed by atoms with E-state index in [9.17, 15) is 13.2 Å². The number of hydrogen-bond acceptors (Lipinski definition) is 4. The topological polar surface area (TPSA) is 96.4 Å². The maximum Gasteiger partial charge on any atom is 0.322 e. The first kappa shape index (κ1) is 14.9. The molecule has 0 amide bonds. The van der Waals surface area contributed by atoms with Gasteiger partial charge >= 0.3 is 5.97 Å². The van der Waals surface area contributed by atoms with Crippen LogP contribution in [0.3, 0.4) is 0 Å². The Balaban J connectivity index is 3.05. The second-order valence-electron chi connectivity index (χ2n) is 4.02. The van der Waals surface area contributed by atoms with Crippen LogP contribution in [-0.4, -0.2) is 30.5 Å². The third-order valence-corrected chi connectivity index (χ3v) is 3.82. The summed E-state index contributed by atoms with van der Waals surface area (Å²) in [6.45, 7) is 3.22. The third kappa shape index (κ3) is 3.66. The molecule has 0 aromatic carbocycles. The highest BCUT2D eigenvalue weighted by Gasteiger charge is 2.28. The third-order valence-electron chi connectivity index (χ3n) is 2.20. The molecular formula is C10H13ClN2O4S. The molecule has 0 saturated carbocycles. The molecule has 1 atom stereocenters. The van der Waals surface area contributed by atoms with Crippen molar-refractivity contribution in [3.63, 3.8) is 0 Å². The number of pyridine rings is 1. The van der Waals surface area contributed by atoms with Crippen molar-refractivity contribution in [3.05, 3.63) is 23.5 Å². The molecule has 2 N–H and O–H groups in total. The van der Waals surface area contributed by atoms with Crippen molar-refractivity contribution >= 4 is 27.6 Å². The number of carbonyl (C=O) groups is 1. The number of nitrogens with one attached hydrogen (secondary N) is 1. The maximum atomic E-state index is 11.9. The van der Waals surface area contributed by atoms with Gasteiger partial charge in [-0.1, -0.05) is 25.4 Å². The zero-order valence-electron chi connectivity index (χ0n) is 9.79. The average Bonchev–Trinajstić information content (AvgIpc) is 2.25. The van der Waals surface area contributed by atoms with Gasteiger partial charge in [0.05, 0.1) is 5.02 Å². The lowest BCUT2D eigenvalue weighted by Gasteiger charge is -2.17. The fraction of sp³-hybridized carbons (Fsp3) is 0.400. The van der Waals surface area contributed by atoms with Gasteiger partial charge in [-0.05, 0) is 12.0 Å². The van der Waals surface area contributed by atoms with Crippen LogP contribution in [0.2, 0.25) is 5.02 Å². The molecule has 0 aliphatic rings. The van der Waals surface area contributed by atoms with E-state index in [2.05, 4.69) is 9.71 Å². The van der Waals surface area contributed by atoms with Crippen molar-refractivity contribution in [2.45, 2.75) is 24.8 Å². The first-order chi connectivity index (χ1) is 8.24. The van der Waals surface area contributed by atoms with Crippen LogP contribution >= 0.6 is 11.6 Å².